The van der Waals surface area contributed by atoms with Crippen LogP contribution in [0, 0.1) is 0 Å². The molecular weight excluding hydrogens is 222 g/mol. The van der Waals surface area contributed by atoms with Crippen LogP contribution in [0.1, 0.15) is 5.56 Å². The Kier molecular flexibility index (Phi) is 3.28. The van der Waals surface area contributed by atoms with Crippen molar-refractivity contribution in [3.8, 4) is 0 Å². The lowest BCUT2D eigenvalue weighted by Gasteiger charge is -1.99. The number of ketones is 1. The van der Waals surface area contributed by atoms with E-state index in [2.05, 4.69) is 0 Å². The first-order chi connectivity index (χ1) is 8.16. The van der Waals surface area contributed by atoms with Crippen LogP contribution >= 0.6 is 0 Å². The fourth-order valence-electron chi connectivity index (χ4n) is 1.56. The van der Waals surface area contributed by atoms with Crippen LogP contribution < -0.4 is 0 Å². The van der Waals surface area contributed by atoms with E-state index < -0.39 is 12.2 Å². The summed E-state index contributed by atoms with van der Waals surface area (Å²) in [5.41, 5.74) is 0.734. The number of hydrogen-bond acceptors (Lipinski definition) is 1. The van der Waals surface area contributed by atoms with E-state index in [-0.39, 0.29) is 0 Å². The number of halogens is 2. The van der Waals surface area contributed by atoms with Crippen molar-refractivity contribution in [1.82, 2.24) is 0 Å². The van der Waals surface area contributed by atoms with Gasteiger partial charge in [-0.3, -0.25) is 4.79 Å². The van der Waals surface area contributed by atoms with Gasteiger partial charge >= 0.3 is 0 Å². The van der Waals surface area contributed by atoms with Gasteiger partial charge in [0, 0.05) is 0 Å². The van der Waals surface area contributed by atoms with E-state index in [0.717, 1.165) is 22.4 Å². The first kappa shape index (κ1) is 11.5. The molecule has 0 aliphatic heterocycles. The van der Waals surface area contributed by atoms with Crippen LogP contribution in [-0.4, -0.2) is 12.2 Å². The van der Waals surface area contributed by atoms with Gasteiger partial charge in [-0.1, -0.05) is 42.5 Å². The van der Waals surface area contributed by atoms with E-state index in [1.54, 1.807) is 6.07 Å². The third-order valence-electron chi connectivity index (χ3n) is 2.43. The molecule has 2 aromatic carbocycles. The van der Waals surface area contributed by atoms with Gasteiger partial charge in [-0.05, 0) is 28.5 Å². The van der Waals surface area contributed by atoms with Crippen molar-refractivity contribution < 1.29 is 13.6 Å². The average molecular weight is 232 g/mol. The molecule has 0 saturated carbocycles. The molecule has 86 valence electrons. The summed E-state index contributed by atoms with van der Waals surface area (Å²) in [5, 5.41) is 2.09. The summed E-state index contributed by atoms with van der Waals surface area (Å²) in [6, 6.07) is 13.3. The number of rotatable bonds is 3. The molecule has 0 aliphatic carbocycles. The van der Waals surface area contributed by atoms with Crippen molar-refractivity contribution in [1.29, 1.82) is 0 Å². The van der Waals surface area contributed by atoms with Gasteiger partial charge < -0.3 is 0 Å². The van der Waals surface area contributed by atoms with Crippen molar-refractivity contribution in [3.05, 3.63) is 54.1 Å². The molecular formula is C14H10F2O. The lowest BCUT2D eigenvalue weighted by Crippen LogP contribution is -2.04. The maximum atomic E-state index is 12.0. The van der Waals surface area contributed by atoms with Gasteiger partial charge in [0.2, 0.25) is 5.78 Å². The number of carbonyl (C=O) groups excluding carboxylic acids is 1. The van der Waals surface area contributed by atoms with Gasteiger partial charge in [0.25, 0.3) is 6.43 Å². The third-order valence-corrected chi connectivity index (χ3v) is 2.43. The number of fused-ring (bicyclic) bond motifs is 1. The second-order valence-electron chi connectivity index (χ2n) is 3.64. The second-order valence-corrected chi connectivity index (χ2v) is 3.64. The van der Waals surface area contributed by atoms with Gasteiger partial charge in [-0.2, -0.15) is 0 Å². The molecule has 0 aromatic heterocycles. The second kappa shape index (κ2) is 4.87. The first-order valence-corrected chi connectivity index (χ1v) is 5.16. The fraction of sp³-hybridized carbons (Fsp3) is 0.0714. The van der Waals surface area contributed by atoms with Crippen LogP contribution in [0.5, 0.6) is 0 Å². The minimum atomic E-state index is -2.94. The zero-order chi connectivity index (χ0) is 12.3. The summed E-state index contributed by atoms with van der Waals surface area (Å²) in [7, 11) is 0. The molecule has 0 amide bonds. The molecule has 0 atom stereocenters. The predicted octanol–water partition coefficient (Wildman–Crippen LogP) is 3.69. The zero-order valence-electron chi connectivity index (χ0n) is 8.94. The van der Waals surface area contributed by atoms with Gasteiger partial charge in [0.1, 0.15) is 0 Å². The van der Waals surface area contributed by atoms with E-state index in [4.69, 9.17) is 0 Å². The number of hydrogen-bond donors (Lipinski definition) is 0. The summed E-state index contributed by atoms with van der Waals surface area (Å²) in [6.45, 7) is 0. The Morgan fingerprint density at radius 2 is 1.76 bits per heavy atom. The number of allylic oxidation sites excluding steroid dienone is 1. The van der Waals surface area contributed by atoms with Gasteiger partial charge in [0.05, 0.1) is 0 Å². The predicted molar refractivity (Wildman–Crippen MR) is 64.0 cm³/mol. The Bertz CT molecular complexity index is 573. The average Bonchev–Trinajstić information content (AvgIpc) is 2.35. The molecule has 0 radical (unpaired) electrons. The quantitative estimate of drug-likeness (QED) is 0.737. The van der Waals surface area contributed by atoms with E-state index in [9.17, 15) is 13.6 Å². The minimum Gasteiger partial charge on any atom is -0.288 e. The van der Waals surface area contributed by atoms with Crippen LogP contribution in [0.15, 0.2) is 48.5 Å². The monoisotopic (exact) mass is 232 g/mol. The zero-order valence-corrected chi connectivity index (χ0v) is 8.94. The third kappa shape index (κ3) is 2.75. The molecule has 0 unspecified atom stereocenters. The Morgan fingerprint density at radius 3 is 2.47 bits per heavy atom. The van der Waals surface area contributed by atoms with E-state index in [1.165, 1.54) is 6.08 Å². The topological polar surface area (TPSA) is 17.1 Å². The number of alkyl halides is 2. The summed E-state index contributed by atoms with van der Waals surface area (Å²) in [6.07, 6.45) is -0.623. The smallest absolute Gasteiger partial charge is 0.288 e. The van der Waals surface area contributed by atoms with Gasteiger partial charge in [-0.15, -0.1) is 0 Å². The highest BCUT2D eigenvalue weighted by molar-refractivity contribution is 5.96. The molecule has 3 heteroatoms. The fourth-order valence-corrected chi connectivity index (χ4v) is 1.56. The molecule has 17 heavy (non-hydrogen) atoms. The van der Waals surface area contributed by atoms with Crippen molar-refractivity contribution in [2.45, 2.75) is 6.43 Å². The van der Waals surface area contributed by atoms with Crippen LogP contribution in [-0.2, 0) is 4.79 Å². The molecule has 0 N–H and O–H groups in total. The first-order valence-electron chi connectivity index (χ1n) is 5.16. The summed E-state index contributed by atoms with van der Waals surface area (Å²) in [5.74, 6) is -1.17. The van der Waals surface area contributed by atoms with Gasteiger partial charge in [0.15, 0.2) is 0 Å². The molecule has 2 aromatic rings. The van der Waals surface area contributed by atoms with Crippen molar-refractivity contribution >= 4 is 22.6 Å². The summed E-state index contributed by atoms with van der Waals surface area (Å²) < 4.78 is 24.0. The summed E-state index contributed by atoms with van der Waals surface area (Å²) >= 11 is 0. The van der Waals surface area contributed by atoms with Crippen LogP contribution in [0.3, 0.4) is 0 Å². The molecule has 1 nitrogen and oxygen atoms in total. The minimum absolute atomic E-state index is 0.734. The van der Waals surface area contributed by atoms with E-state index in [1.807, 2.05) is 36.4 Å². The normalized spacial score (nSPS) is 11.5. The van der Waals surface area contributed by atoms with Crippen molar-refractivity contribution in [2.75, 3.05) is 0 Å². The van der Waals surface area contributed by atoms with Crippen LogP contribution in [0.2, 0.25) is 0 Å². The number of carbonyl (C=O) groups is 1. The highest BCUT2D eigenvalue weighted by Crippen LogP contribution is 2.16. The standard InChI is InChI=1S/C14H10F2O/c15-14(16)13(17)8-6-10-5-7-11-3-1-2-4-12(11)9-10/h1-9,14H/b8-6+. The Hall–Kier alpha value is -2.03. The van der Waals surface area contributed by atoms with Crippen LogP contribution in [0.4, 0.5) is 8.78 Å². The largest absolute Gasteiger partial charge is 0.299 e. The SMILES string of the molecule is O=C(/C=C/c1ccc2ccccc2c1)C(F)F. The number of benzene rings is 2. The van der Waals surface area contributed by atoms with Crippen LogP contribution in [0.25, 0.3) is 16.8 Å². The molecule has 0 bridgehead atoms. The van der Waals surface area contributed by atoms with Gasteiger partial charge in [-0.25, -0.2) is 8.78 Å². The molecule has 0 spiro atoms. The lowest BCUT2D eigenvalue weighted by atomic mass is 10.1. The molecule has 0 heterocycles. The Labute approximate surface area is 97.4 Å². The highest BCUT2D eigenvalue weighted by atomic mass is 19.3. The van der Waals surface area contributed by atoms with Crippen molar-refractivity contribution in [2.24, 2.45) is 0 Å². The van der Waals surface area contributed by atoms with Crippen molar-refractivity contribution in [3.63, 3.8) is 0 Å². The maximum Gasteiger partial charge on any atom is 0.299 e. The Morgan fingerprint density at radius 1 is 1.06 bits per heavy atom. The Balaban J connectivity index is 2.28. The lowest BCUT2D eigenvalue weighted by molar-refractivity contribution is -0.124. The highest BCUT2D eigenvalue weighted by Gasteiger charge is 2.10. The molecule has 0 saturated heterocycles. The van der Waals surface area contributed by atoms with E-state index in [0.29, 0.717) is 0 Å². The van der Waals surface area contributed by atoms with E-state index >= 15 is 0 Å². The summed E-state index contributed by atoms with van der Waals surface area (Å²) in [4.78, 5) is 10.7. The molecule has 0 fully saturated rings. The maximum absolute atomic E-state index is 12.0. The molecule has 2 rings (SSSR count). The molecule has 0 aliphatic rings.